The average Bonchev–Trinajstić information content (AvgIpc) is 3.09. The Bertz CT molecular complexity index is 990. The van der Waals surface area contributed by atoms with Crippen LogP contribution < -0.4 is 19.7 Å². The Balaban J connectivity index is 1.44. The number of ether oxygens (including phenoxy) is 2. The second kappa shape index (κ2) is 11.1. The van der Waals surface area contributed by atoms with Crippen molar-refractivity contribution >= 4 is 17.6 Å². The molecule has 3 rings (SSSR count). The van der Waals surface area contributed by atoms with Crippen LogP contribution in [0.3, 0.4) is 0 Å². The molecule has 1 atom stereocenters. The molecule has 0 spiro atoms. The number of rotatable bonds is 11. The zero-order valence-corrected chi connectivity index (χ0v) is 17.9. The maximum atomic E-state index is 12.7. The molecule has 168 valence electrons. The van der Waals surface area contributed by atoms with Crippen molar-refractivity contribution < 1.29 is 24.2 Å². The van der Waals surface area contributed by atoms with Crippen molar-refractivity contribution in [1.82, 2.24) is 10.2 Å². The van der Waals surface area contributed by atoms with Crippen LogP contribution >= 0.6 is 0 Å². The van der Waals surface area contributed by atoms with E-state index in [2.05, 4.69) is 5.32 Å². The van der Waals surface area contributed by atoms with Gasteiger partial charge >= 0.3 is 6.03 Å². The molecule has 9 nitrogen and oxygen atoms in total. The molecular weight excluding hydrogens is 412 g/mol. The summed E-state index contributed by atoms with van der Waals surface area (Å²) in [5.74, 6) is 0.769. The van der Waals surface area contributed by atoms with Gasteiger partial charge in [0.25, 0.3) is 5.91 Å². The minimum atomic E-state index is -0.815. The summed E-state index contributed by atoms with van der Waals surface area (Å²) in [5, 5.41) is 22.2. The molecule has 0 saturated carbocycles. The lowest BCUT2D eigenvalue weighted by atomic mass is 10.2. The number of anilines is 1. The van der Waals surface area contributed by atoms with Gasteiger partial charge in [-0.05, 0) is 31.2 Å². The number of nitrogens with zero attached hydrogens (tertiary/aromatic N) is 3. The van der Waals surface area contributed by atoms with Gasteiger partial charge in [0, 0.05) is 31.4 Å². The zero-order chi connectivity index (χ0) is 22.9. The van der Waals surface area contributed by atoms with Crippen molar-refractivity contribution in [3.8, 4) is 17.6 Å². The third-order valence-electron chi connectivity index (χ3n) is 4.83. The zero-order valence-electron chi connectivity index (χ0n) is 17.9. The highest BCUT2D eigenvalue weighted by molar-refractivity contribution is 6.12. The molecule has 2 aromatic carbocycles. The number of benzene rings is 2. The first kappa shape index (κ1) is 23.1. The molecule has 0 aromatic heterocycles. The number of hydrogen-bond donors (Lipinski definition) is 2. The van der Waals surface area contributed by atoms with E-state index in [-0.39, 0.29) is 38.2 Å². The molecule has 0 bridgehead atoms. The second-order valence-corrected chi connectivity index (χ2v) is 7.12. The van der Waals surface area contributed by atoms with Crippen LogP contribution in [0, 0.1) is 11.3 Å². The first-order valence-electron chi connectivity index (χ1n) is 10.4. The van der Waals surface area contributed by atoms with E-state index in [1.54, 1.807) is 48.5 Å². The molecular formula is C23H26N4O5. The van der Waals surface area contributed by atoms with Gasteiger partial charge in [-0.25, -0.2) is 4.79 Å². The third-order valence-corrected chi connectivity index (χ3v) is 4.83. The molecule has 2 N–H and O–H groups in total. The normalized spacial score (nSPS) is 14.4. The van der Waals surface area contributed by atoms with Gasteiger partial charge in [0.1, 0.15) is 36.8 Å². The summed E-state index contributed by atoms with van der Waals surface area (Å²) in [5.41, 5.74) is 1.00. The highest BCUT2D eigenvalue weighted by atomic mass is 16.5. The van der Waals surface area contributed by atoms with Crippen LogP contribution in [0.5, 0.6) is 11.5 Å². The van der Waals surface area contributed by atoms with Crippen molar-refractivity contribution in [2.75, 3.05) is 44.3 Å². The number of carbonyl (C=O) groups excluding carboxylic acids is 2. The summed E-state index contributed by atoms with van der Waals surface area (Å²) in [7, 11) is 0. The Morgan fingerprint density at radius 2 is 2.00 bits per heavy atom. The van der Waals surface area contributed by atoms with Crippen LogP contribution in [0.4, 0.5) is 10.5 Å². The SMILES string of the molecule is CCOc1cccc(N2CC(=O)N(CCNCC(O)COc3ccccc3C#N)C2=O)c1. The molecule has 0 radical (unpaired) electrons. The monoisotopic (exact) mass is 438 g/mol. The number of amides is 3. The summed E-state index contributed by atoms with van der Waals surface area (Å²) >= 11 is 0. The Labute approximate surface area is 186 Å². The lowest BCUT2D eigenvalue weighted by Gasteiger charge is -2.18. The molecule has 32 heavy (non-hydrogen) atoms. The lowest BCUT2D eigenvalue weighted by molar-refractivity contribution is -0.124. The number of nitrogens with one attached hydrogen (secondary N) is 1. The lowest BCUT2D eigenvalue weighted by Crippen LogP contribution is -2.40. The van der Waals surface area contributed by atoms with Gasteiger partial charge in [0.2, 0.25) is 0 Å². The van der Waals surface area contributed by atoms with E-state index in [1.807, 2.05) is 13.0 Å². The maximum Gasteiger partial charge on any atom is 0.331 e. The molecule has 1 aliphatic heterocycles. The number of carbonyl (C=O) groups is 2. The fourth-order valence-corrected chi connectivity index (χ4v) is 3.26. The number of urea groups is 1. The average molecular weight is 438 g/mol. The van der Waals surface area contributed by atoms with Gasteiger partial charge in [0.05, 0.1) is 12.2 Å². The van der Waals surface area contributed by atoms with Gasteiger partial charge in [-0.15, -0.1) is 0 Å². The van der Waals surface area contributed by atoms with Crippen LogP contribution in [0.25, 0.3) is 0 Å². The number of aliphatic hydroxyl groups excluding tert-OH is 1. The fourth-order valence-electron chi connectivity index (χ4n) is 3.26. The second-order valence-electron chi connectivity index (χ2n) is 7.12. The van der Waals surface area contributed by atoms with Gasteiger partial charge in [-0.1, -0.05) is 18.2 Å². The van der Waals surface area contributed by atoms with Crippen LogP contribution in [0.1, 0.15) is 12.5 Å². The van der Waals surface area contributed by atoms with Gasteiger partial charge in [0.15, 0.2) is 0 Å². The van der Waals surface area contributed by atoms with E-state index in [9.17, 15) is 14.7 Å². The van der Waals surface area contributed by atoms with E-state index in [1.165, 1.54) is 9.80 Å². The summed E-state index contributed by atoms with van der Waals surface area (Å²) in [6.07, 6.45) is -0.815. The molecule has 9 heteroatoms. The predicted molar refractivity (Wildman–Crippen MR) is 118 cm³/mol. The Morgan fingerprint density at radius 3 is 2.78 bits per heavy atom. The van der Waals surface area contributed by atoms with Gasteiger partial charge in [-0.2, -0.15) is 5.26 Å². The first-order valence-corrected chi connectivity index (χ1v) is 10.4. The van der Waals surface area contributed by atoms with E-state index in [0.29, 0.717) is 35.9 Å². The third kappa shape index (κ3) is 5.75. The van der Waals surface area contributed by atoms with Gasteiger partial charge in [-0.3, -0.25) is 14.6 Å². The maximum absolute atomic E-state index is 12.7. The highest BCUT2D eigenvalue weighted by Crippen LogP contribution is 2.25. The molecule has 1 unspecified atom stereocenters. The van der Waals surface area contributed by atoms with Crippen LogP contribution in [0.15, 0.2) is 48.5 Å². The molecule has 1 heterocycles. The first-order chi connectivity index (χ1) is 15.5. The van der Waals surface area contributed by atoms with E-state index >= 15 is 0 Å². The smallest absolute Gasteiger partial charge is 0.331 e. The van der Waals surface area contributed by atoms with Crippen molar-refractivity contribution in [3.63, 3.8) is 0 Å². The van der Waals surface area contributed by atoms with Crippen molar-refractivity contribution in [3.05, 3.63) is 54.1 Å². The quantitative estimate of drug-likeness (QED) is 0.406. The van der Waals surface area contributed by atoms with Crippen molar-refractivity contribution in [2.45, 2.75) is 13.0 Å². The van der Waals surface area contributed by atoms with Crippen LogP contribution in [-0.4, -0.2) is 67.4 Å². The molecule has 1 fully saturated rings. The minimum Gasteiger partial charge on any atom is -0.494 e. The van der Waals surface area contributed by atoms with E-state index in [4.69, 9.17) is 14.7 Å². The minimum absolute atomic E-state index is 0.0111. The number of para-hydroxylation sites is 1. The Kier molecular flexibility index (Phi) is 8.02. The predicted octanol–water partition coefficient (Wildman–Crippen LogP) is 1.76. The summed E-state index contributed by atoms with van der Waals surface area (Å²) < 4.78 is 11.0. The number of hydrogen-bond acceptors (Lipinski definition) is 7. The Hall–Kier alpha value is -3.61. The fraction of sp³-hybridized carbons (Fsp3) is 0.348. The standard InChI is InChI=1S/C23H26N4O5/c1-2-31-20-8-5-7-18(12-20)27-15-22(29)26(23(27)30)11-10-25-14-19(28)16-32-21-9-4-3-6-17(21)13-24/h3-9,12,19,25,28H,2,10-11,14-16H2,1H3. The molecule has 1 aliphatic rings. The number of imide groups is 1. The summed E-state index contributed by atoms with van der Waals surface area (Å²) in [6.45, 7) is 3.10. The van der Waals surface area contributed by atoms with Crippen LogP contribution in [0.2, 0.25) is 0 Å². The molecule has 3 amide bonds. The van der Waals surface area contributed by atoms with E-state index in [0.717, 1.165) is 0 Å². The topological polar surface area (TPSA) is 115 Å². The Morgan fingerprint density at radius 1 is 1.19 bits per heavy atom. The summed E-state index contributed by atoms with van der Waals surface area (Å²) in [4.78, 5) is 27.6. The van der Waals surface area contributed by atoms with Crippen molar-refractivity contribution in [1.29, 1.82) is 5.26 Å². The summed E-state index contributed by atoms with van der Waals surface area (Å²) in [6, 6.07) is 15.5. The van der Waals surface area contributed by atoms with Crippen molar-refractivity contribution in [2.24, 2.45) is 0 Å². The molecule has 0 aliphatic carbocycles. The molecule has 2 aromatic rings. The highest BCUT2D eigenvalue weighted by Gasteiger charge is 2.36. The number of nitriles is 1. The van der Waals surface area contributed by atoms with Gasteiger partial charge < -0.3 is 19.9 Å². The van der Waals surface area contributed by atoms with E-state index < -0.39 is 6.10 Å². The molecule has 1 saturated heterocycles. The number of aliphatic hydroxyl groups is 1. The van der Waals surface area contributed by atoms with Crippen LogP contribution in [-0.2, 0) is 4.79 Å². The largest absolute Gasteiger partial charge is 0.494 e.